The molecule has 2 amide bonds. The number of carbonyl (C=O) groups is 2. The molecule has 5 heteroatoms. The zero-order valence-corrected chi connectivity index (χ0v) is 10.4. The summed E-state index contributed by atoms with van der Waals surface area (Å²) in [5.41, 5.74) is 1.25. The summed E-state index contributed by atoms with van der Waals surface area (Å²) >= 11 is 0. The Morgan fingerprint density at radius 2 is 2.18 bits per heavy atom. The summed E-state index contributed by atoms with van der Waals surface area (Å²) in [6.45, 7) is 2.23. The largest absolute Gasteiger partial charge is 0.355 e. The fourth-order valence-electron chi connectivity index (χ4n) is 1.45. The molecule has 0 saturated carbocycles. The number of nitrogens with zero attached hydrogens (tertiary/aromatic N) is 2. The molecule has 0 radical (unpaired) electrons. The second-order valence-corrected chi connectivity index (χ2v) is 3.72. The Morgan fingerprint density at radius 3 is 2.76 bits per heavy atom. The highest BCUT2D eigenvalue weighted by atomic mass is 16.2. The van der Waals surface area contributed by atoms with Crippen molar-refractivity contribution in [2.45, 2.75) is 19.9 Å². The van der Waals surface area contributed by atoms with E-state index in [4.69, 9.17) is 0 Å². The minimum absolute atomic E-state index is 0.0529. The summed E-state index contributed by atoms with van der Waals surface area (Å²) in [6.07, 6.45) is 2.04. The quantitative estimate of drug-likeness (QED) is 0.840. The molecule has 0 unspecified atom stereocenters. The maximum absolute atomic E-state index is 11.4. The van der Waals surface area contributed by atoms with E-state index in [1.807, 2.05) is 6.92 Å². The summed E-state index contributed by atoms with van der Waals surface area (Å²) in [5.74, 6) is -0.102. The molecule has 0 saturated heterocycles. The van der Waals surface area contributed by atoms with Gasteiger partial charge in [-0.2, -0.15) is 0 Å². The lowest BCUT2D eigenvalue weighted by atomic mass is 10.2. The van der Waals surface area contributed by atoms with E-state index in [2.05, 4.69) is 10.3 Å². The van der Waals surface area contributed by atoms with Crippen LogP contribution in [0.4, 0.5) is 0 Å². The first-order valence-electron chi connectivity index (χ1n) is 5.49. The molecular formula is C12H17N3O2. The SMILES string of the molecule is CCC(=O)N(C)Cc1cc(C(=O)NC)ccn1. The minimum atomic E-state index is -0.155. The van der Waals surface area contributed by atoms with Crippen molar-refractivity contribution in [2.24, 2.45) is 0 Å². The van der Waals surface area contributed by atoms with Crippen molar-refractivity contribution in [2.75, 3.05) is 14.1 Å². The summed E-state index contributed by atoms with van der Waals surface area (Å²) in [4.78, 5) is 28.6. The maximum atomic E-state index is 11.4. The van der Waals surface area contributed by atoms with Gasteiger partial charge in [0.15, 0.2) is 0 Å². The molecule has 0 aromatic carbocycles. The van der Waals surface area contributed by atoms with Crippen LogP contribution in [0.2, 0.25) is 0 Å². The molecule has 1 aromatic rings. The number of amides is 2. The lowest BCUT2D eigenvalue weighted by molar-refractivity contribution is -0.130. The Morgan fingerprint density at radius 1 is 1.47 bits per heavy atom. The average molecular weight is 235 g/mol. The van der Waals surface area contributed by atoms with Gasteiger partial charge in [-0.1, -0.05) is 6.92 Å². The smallest absolute Gasteiger partial charge is 0.251 e. The van der Waals surface area contributed by atoms with E-state index >= 15 is 0 Å². The molecule has 92 valence electrons. The first kappa shape index (κ1) is 13.2. The molecular weight excluding hydrogens is 218 g/mol. The molecule has 5 nitrogen and oxygen atoms in total. The van der Waals surface area contributed by atoms with Crippen LogP contribution in [0, 0.1) is 0 Å². The van der Waals surface area contributed by atoms with Crippen LogP contribution in [-0.2, 0) is 11.3 Å². The molecule has 0 aliphatic rings. The van der Waals surface area contributed by atoms with Crippen molar-refractivity contribution in [1.82, 2.24) is 15.2 Å². The Kier molecular flexibility index (Phi) is 4.63. The van der Waals surface area contributed by atoms with Gasteiger partial charge in [-0.3, -0.25) is 14.6 Å². The Hall–Kier alpha value is -1.91. The van der Waals surface area contributed by atoms with Gasteiger partial charge in [0.1, 0.15) is 0 Å². The van der Waals surface area contributed by atoms with Gasteiger partial charge in [0.05, 0.1) is 12.2 Å². The fourth-order valence-corrected chi connectivity index (χ4v) is 1.45. The van der Waals surface area contributed by atoms with E-state index < -0.39 is 0 Å². The number of rotatable bonds is 4. The van der Waals surface area contributed by atoms with Crippen LogP contribution in [0.3, 0.4) is 0 Å². The normalized spacial score (nSPS) is 9.82. The third-order valence-corrected chi connectivity index (χ3v) is 2.43. The molecule has 0 fully saturated rings. The Balaban J connectivity index is 2.79. The average Bonchev–Trinajstić information content (AvgIpc) is 2.37. The van der Waals surface area contributed by atoms with Gasteiger partial charge in [0.25, 0.3) is 5.91 Å². The van der Waals surface area contributed by atoms with Gasteiger partial charge in [-0.15, -0.1) is 0 Å². The van der Waals surface area contributed by atoms with Crippen LogP contribution < -0.4 is 5.32 Å². The van der Waals surface area contributed by atoms with E-state index in [9.17, 15) is 9.59 Å². The first-order valence-corrected chi connectivity index (χ1v) is 5.49. The first-order chi connectivity index (χ1) is 8.08. The van der Waals surface area contributed by atoms with Crippen LogP contribution in [0.15, 0.2) is 18.3 Å². The molecule has 1 N–H and O–H groups in total. The second kappa shape index (κ2) is 5.98. The maximum Gasteiger partial charge on any atom is 0.251 e. The van der Waals surface area contributed by atoms with Crippen LogP contribution in [0.25, 0.3) is 0 Å². The summed E-state index contributed by atoms with van der Waals surface area (Å²) in [6, 6.07) is 3.34. The monoisotopic (exact) mass is 235 g/mol. The Bertz CT molecular complexity index is 418. The third-order valence-electron chi connectivity index (χ3n) is 2.43. The molecule has 0 atom stereocenters. The third kappa shape index (κ3) is 3.55. The highest BCUT2D eigenvalue weighted by Crippen LogP contribution is 2.05. The van der Waals surface area contributed by atoms with Crippen molar-refractivity contribution < 1.29 is 9.59 Å². The van der Waals surface area contributed by atoms with Gasteiger partial charge in [-0.05, 0) is 12.1 Å². The number of carbonyl (C=O) groups excluding carboxylic acids is 2. The van der Waals surface area contributed by atoms with Crippen molar-refractivity contribution in [3.8, 4) is 0 Å². The van der Waals surface area contributed by atoms with E-state index in [0.717, 1.165) is 0 Å². The fraction of sp³-hybridized carbons (Fsp3) is 0.417. The molecule has 0 aliphatic carbocycles. The van der Waals surface area contributed by atoms with Crippen molar-refractivity contribution in [3.05, 3.63) is 29.6 Å². The predicted molar refractivity (Wildman–Crippen MR) is 64.4 cm³/mol. The van der Waals surface area contributed by atoms with Gasteiger partial charge in [0, 0.05) is 32.3 Å². The molecule has 0 bridgehead atoms. The molecule has 1 aromatic heterocycles. The molecule has 0 aliphatic heterocycles. The second-order valence-electron chi connectivity index (χ2n) is 3.72. The zero-order valence-electron chi connectivity index (χ0n) is 10.4. The number of hydrogen-bond acceptors (Lipinski definition) is 3. The zero-order chi connectivity index (χ0) is 12.8. The lowest BCUT2D eigenvalue weighted by Gasteiger charge is -2.15. The van der Waals surface area contributed by atoms with E-state index in [0.29, 0.717) is 24.2 Å². The van der Waals surface area contributed by atoms with Crippen LogP contribution in [-0.4, -0.2) is 35.8 Å². The van der Waals surface area contributed by atoms with Crippen molar-refractivity contribution >= 4 is 11.8 Å². The number of hydrogen-bond donors (Lipinski definition) is 1. The van der Waals surface area contributed by atoms with Gasteiger partial charge in [0.2, 0.25) is 5.91 Å². The van der Waals surface area contributed by atoms with Gasteiger partial charge >= 0.3 is 0 Å². The standard InChI is InChI=1S/C12H17N3O2/c1-4-11(16)15(3)8-10-7-9(5-6-14-10)12(17)13-2/h5-7H,4,8H2,1-3H3,(H,13,17). The minimum Gasteiger partial charge on any atom is -0.355 e. The predicted octanol–water partition coefficient (Wildman–Crippen LogP) is 0.810. The molecule has 1 heterocycles. The van der Waals surface area contributed by atoms with E-state index in [1.165, 1.54) is 0 Å². The summed E-state index contributed by atoms with van der Waals surface area (Å²) in [7, 11) is 3.30. The number of nitrogens with one attached hydrogen (secondary N) is 1. The van der Waals surface area contributed by atoms with E-state index in [1.54, 1.807) is 37.3 Å². The Labute approximate surface area is 101 Å². The van der Waals surface area contributed by atoms with Gasteiger partial charge < -0.3 is 10.2 Å². The van der Waals surface area contributed by atoms with Crippen molar-refractivity contribution in [3.63, 3.8) is 0 Å². The number of pyridine rings is 1. The van der Waals surface area contributed by atoms with Crippen LogP contribution >= 0.6 is 0 Å². The van der Waals surface area contributed by atoms with Crippen LogP contribution in [0.1, 0.15) is 29.4 Å². The molecule has 17 heavy (non-hydrogen) atoms. The van der Waals surface area contributed by atoms with Gasteiger partial charge in [-0.25, -0.2) is 0 Å². The van der Waals surface area contributed by atoms with E-state index in [-0.39, 0.29) is 11.8 Å². The molecule has 0 spiro atoms. The molecule has 1 rings (SSSR count). The van der Waals surface area contributed by atoms with Crippen molar-refractivity contribution in [1.29, 1.82) is 0 Å². The summed E-state index contributed by atoms with van der Waals surface area (Å²) in [5, 5.41) is 2.55. The highest BCUT2D eigenvalue weighted by Gasteiger charge is 2.09. The van der Waals surface area contributed by atoms with Crippen LogP contribution in [0.5, 0.6) is 0 Å². The number of aromatic nitrogens is 1. The topological polar surface area (TPSA) is 62.3 Å². The lowest BCUT2D eigenvalue weighted by Crippen LogP contribution is -2.26. The summed E-state index contributed by atoms with van der Waals surface area (Å²) < 4.78 is 0. The highest BCUT2D eigenvalue weighted by molar-refractivity contribution is 5.93.